The molecule has 0 aliphatic rings. The van der Waals surface area contributed by atoms with E-state index in [1.807, 2.05) is 6.07 Å². The topological polar surface area (TPSA) is 151 Å². The fourth-order valence-corrected chi connectivity index (χ4v) is 4.10. The summed E-state index contributed by atoms with van der Waals surface area (Å²) in [6, 6.07) is 9.10. The van der Waals surface area contributed by atoms with Crippen molar-refractivity contribution in [2.75, 3.05) is 10.5 Å². The number of hydrogen-bond acceptors (Lipinski definition) is 6. The molecule has 0 saturated carbocycles. The van der Waals surface area contributed by atoms with Crippen molar-refractivity contribution in [3.63, 3.8) is 0 Å². The van der Waals surface area contributed by atoms with E-state index in [1.165, 1.54) is 24.4 Å². The molecule has 0 unspecified atom stereocenters. The maximum absolute atomic E-state index is 13.7. The minimum atomic E-state index is -4.42. The second-order valence-electron chi connectivity index (χ2n) is 5.66. The number of nitrogens with zero attached hydrogens (tertiary/aromatic N) is 3. The highest BCUT2D eigenvalue weighted by Gasteiger charge is 2.24. The van der Waals surface area contributed by atoms with Crippen LogP contribution in [-0.2, 0) is 10.0 Å². The predicted molar refractivity (Wildman–Crippen MR) is 102 cm³/mol. The van der Waals surface area contributed by atoms with Gasteiger partial charge in [-0.2, -0.15) is 10.4 Å². The van der Waals surface area contributed by atoms with Crippen molar-refractivity contribution in [2.45, 2.75) is 4.90 Å². The summed E-state index contributed by atoms with van der Waals surface area (Å²) < 4.78 is 42.8. The number of benzene rings is 2. The van der Waals surface area contributed by atoms with E-state index in [2.05, 4.69) is 9.82 Å². The van der Waals surface area contributed by atoms with Gasteiger partial charge in [-0.1, -0.05) is 23.7 Å². The van der Waals surface area contributed by atoms with Crippen LogP contribution in [0.25, 0.3) is 5.69 Å². The molecule has 9 nitrogen and oxygen atoms in total. The molecule has 0 fully saturated rings. The molecule has 4 N–H and O–H groups in total. The number of nitrogen functional groups attached to an aromatic ring is 1. The summed E-state index contributed by atoms with van der Waals surface area (Å²) in [6.07, 6.45) is 1.22. The number of nitrogens with one attached hydrogen (secondary N) is 1. The second kappa shape index (κ2) is 7.42. The zero-order chi connectivity index (χ0) is 21.3. The van der Waals surface area contributed by atoms with Crippen LogP contribution in [0.3, 0.4) is 0 Å². The first-order valence-corrected chi connectivity index (χ1v) is 9.60. The van der Waals surface area contributed by atoms with Crippen molar-refractivity contribution in [2.24, 2.45) is 0 Å². The first-order valence-electron chi connectivity index (χ1n) is 7.74. The molecule has 12 heteroatoms. The molecule has 0 saturated heterocycles. The van der Waals surface area contributed by atoms with E-state index in [0.717, 1.165) is 4.68 Å². The Bertz CT molecular complexity index is 1280. The van der Waals surface area contributed by atoms with Crippen LogP contribution in [0.15, 0.2) is 47.5 Å². The number of sulfonamides is 1. The number of carboxylic acids is 1. The molecule has 3 aromatic rings. The lowest BCUT2D eigenvalue weighted by Gasteiger charge is -2.14. The van der Waals surface area contributed by atoms with Gasteiger partial charge in [-0.25, -0.2) is 22.3 Å². The standard InChI is InChI=1S/C17H11ClFN5O4S/c18-11-6-12(19)10(17(25)26)5-15(11)29(27,28)23-13-3-1-2-4-14(13)24-16(21)9(7-20)8-22-24/h1-6,8,23H,21H2,(H,25,26). The van der Waals surface area contributed by atoms with Crippen LogP contribution >= 0.6 is 11.6 Å². The Morgan fingerprint density at radius 2 is 2.03 bits per heavy atom. The van der Waals surface area contributed by atoms with E-state index in [-0.39, 0.29) is 22.8 Å². The Kier molecular flexibility index (Phi) is 5.15. The number of aromatic carboxylic acids is 1. The van der Waals surface area contributed by atoms with Crippen LogP contribution in [0.4, 0.5) is 15.9 Å². The number of carboxylic acid groups (broad SMARTS) is 1. The van der Waals surface area contributed by atoms with Gasteiger partial charge in [0.2, 0.25) is 0 Å². The number of para-hydroxylation sites is 2. The molecule has 3 rings (SSSR count). The fourth-order valence-electron chi connectivity index (χ4n) is 2.48. The van der Waals surface area contributed by atoms with Gasteiger partial charge in [0.15, 0.2) is 0 Å². The molecule has 1 heterocycles. The number of rotatable bonds is 5. The Morgan fingerprint density at radius 1 is 1.34 bits per heavy atom. The third-order valence-electron chi connectivity index (χ3n) is 3.84. The zero-order valence-corrected chi connectivity index (χ0v) is 15.9. The lowest BCUT2D eigenvalue weighted by atomic mass is 10.2. The third-order valence-corrected chi connectivity index (χ3v) is 5.68. The molecule has 0 aliphatic heterocycles. The highest BCUT2D eigenvalue weighted by Crippen LogP contribution is 2.30. The molecule has 2 aromatic carbocycles. The van der Waals surface area contributed by atoms with Gasteiger partial charge >= 0.3 is 5.97 Å². The quantitative estimate of drug-likeness (QED) is 0.557. The number of anilines is 2. The summed E-state index contributed by atoms with van der Waals surface area (Å²) in [7, 11) is -4.42. The smallest absolute Gasteiger partial charge is 0.338 e. The minimum absolute atomic E-state index is 0.00729. The van der Waals surface area contributed by atoms with Gasteiger partial charge < -0.3 is 10.8 Å². The van der Waals surface area contributed by atoms with Crippen LogP contribution in [0.1, 0.15) is 15.9 Å². The van der Waals surface area contributed by atoms with Gasteiger partial charge in [0.25, 0.3) is 10.0 Å². The average Bonchev–Trinajstić information content (AvgIpc) is 3.01. The van der Waals surface area contributed by atoms with Crippen molar-refractivity contribution < 1.29 is 22.7 Å². The summed E-state index contributed by atoms with van der Waals surface area (Å²) in [5.74, 6) is -2.83. The Labute approximate surface area is 168 Å². The molecule has 0 radical (unpaired) electrons. The van der Waals surface area contributed by atoms with E-state index >= 15 is 0 Å². The first kappa shape index (κ1) is 20.1. The lowest BCUT2D eigenvalue weighted by molar-refractivity contribution is 0.0691. The Morgan fingerprint density at radius 3 is 2.66 bits per heavy atom. The van der Waals surface area contributed by atoms with Gasteiger partial charge in [0.1, 0.15) is 28.2 Å². The maximum Gasteiger partial charge on any atom is 0.338 e. The number of carbonyl (C=O) groups is 1. The SMILES string of the molecule is N#Cc1cnn(-c2ccccc2NS(=O)(=O)c2cc(C(=O)O)c(F)cc2Cl)c1N. The number of aromatic nitrogens is 2. The van der Waals surface area contributed by atoms with E-state index in [0.29, 0.717) is 12.1 Å². The summed E-state index contributed by atoms with van der Waals surface area (Å²) in [6.45, 7) is 0. The molecule has 0 atom stereocenters. The highest BCUT2D eigenvalue weighted by atomic mass is 35.5. The van der Waals surface area contributed by atoms with Crippen molar-refractivity contribution in [3.8, 4) is 11.8 Å². The summed E-state index contributed by atoms with van der Waals surface area (Å²) in [5, 5.41) is 21.5. The number of nitriles is 1. The molecule has 1 aromatic heterocycles. The van der Waals surface area contributed by atoms with Crippen molar-refractivity contribution >= 4 is 39.1 Å². The summed E-state index contributed by atoms with van der Waals surface area (Å²) >= 11 is 5.84. The van der Waals surface area contributed by atoms with Crippen LogP contribution < -0.4 is 10.5 Å². The van der Waals surface area contributed by atoms with Crippen molar-refractivity contribution in [1.82, 2.24) is 9.78 Å². The predicted octanol–water partition coefficient (Wildman–Crippen LogP) is 2.62. The second-order valence-corrected chi connectivity index (χ2v) is 7.72. The van der Waals surface area contributed by atoms with Gasteiger partial charge in [0.05, 0.1) is 28.2 Å². The number of hydrogen-bond donors (Lipinski definition) is 3. The highest BCUT2D eigenvalue weighted by molar-refractivity contribution is 7.92. The molecule has 0 amide bonds. The van der Waals surface area contributed by atoms with Crippen LogP contribution in [0.5, 0.6) is 0 Å². The minimum Gasteiger partial charge on any atom is -0.478 e. The summed E-state index contributed by atoms with van der Waals surface area (Å²) in [4.78, 5) is 10.5. The van der Waals surface area contributed by atoms with Crippen LogP contribution in [-0.4, -0.2) is 29.3 Å². The Hall–Kier alpha value is -3.62. The van der Waals surface area contributed by atoms with E-state index < -0.39 is 37.3 Å². The zero-order valence-electron chi connectivity index (χ0n) is 14.3. The third kappa shape index (κ3) is 3.71. The summed E-state index contributed by atoms with van der Waals surface area (Å²) in [5.41, 5.74) is 5.32. The monoisotopic (exact) mass is 435 g/mol. The average molecular weight is 436 g/mol. The normalized spacial score (nSPS) is 11.1. The van der Waals surface area contributed by atoms with Gasteiger partial charge in [-0.05, 0) is 24.3 Å². The number of nitrogens with two attached hydrogens (primary N) is 1. The van der Waals surface area contributed by atoms with Crippen molar-refractivity contribution in [3.05, 3.63) is 64.6 Å². The van der Waals surface area contributed by atoms with Crippen LogP contribution in [0.2, 0.25) is 5.02 Å². The van der Waals surface area contributed by atoms with Gasteiger partial charge in [0, 0.05) is 0 Å². The van der Waals surface area contributed by atoms with Gasteiger partial charge in [-0.15, -0.1) is 0 Å². The molecule has 148 valence electrons. The molecular weight excluding hydrogens is 425 g/mol. The van der Waals surface area contributed by atoms with E-state index in [9.17, 15) is 17.6 Å². The molecule has 0 spiro atoms. The van der Waals surface area contributed by atoms with E-state index in [4.69, 9.17) is 27.7 Å². The molecule has 0 bridgehead atoms. The van der Waals surface area contributed by atoms with Crippen molar-refractivity contribution in [1.29, 1.82) is 5.26 Å². The lowest BCUT2D eigenvalue weighted by Crippen LogP contribution is -2.17. The first-order chi connectivity index (χ1) is 13.7. The molecule has 29 heavy (non-hydrogen) atoms. The van der Waals surface area contributed by atoms with Gasteiger partial charge in [-0.3, -0.25) is 4.72 Å². The number of halogens is 2. The molecular formula is C17H11ClFN5O4S. The molecule has 0 aliphatic carbocycles. The fraction of sp³-hybridized carbons (Fsp3) is 0. The Balaban J connectivity index is 2.10. The maximum atomic E-state index is 13.7. The van der Waals surface area contributed by atoms with E-state index in [1.54, 1.807) is 6.07 Å². The largest absolute Gasteiger partial charge is 0.478 e. The van der Waals surface area contributed by atoms with Crippen LogP contribution in [0, 0.1) is 17.1 Å².